The van der Waals surface area contributed by atoms with Crippen LogP contribution in [0.15, 0.2) is 48.5 Å². The highest BCUT2D eigenvalue weighted by molar-refractivity contribution is 5.96. The molecule has 0 bridgehead atoms. The van der Waals surface area contributed by atoms with E-state index in [1.807, 2.05) is 37.3 Å². The summed E-state index contributed by atoms with van der Waals surface area (Å²) in [4.78, 5) is 12.5. The van der Waals surface area contributed by atoms with E-state index in [1.54, 1.807) is 18.2 Å². The molecule has 24 heavy (non-hydrogen) atoms. The van der Waals surface area contributed by atoms with Crippen molar-refractivity contribution in [3.05, 3.63) is 59.7 Å². The van der Waals surface area contributed by atoms with Crippen molar-refractivity contribution in [1.29, 1.82) is 0 Å². The summed E-state index contributed by atoms with van der Waals surface area (Å²) in [6.45, 7) is 2.89. The molecule has 3 rings (SSSR count). The van der Waals surface area contributed by atoms with E-state index in [9.17, 15) is 9.90 Å². The molecule has 2 aromatic carbocycles. The predicted octanol–water partition coefficient (Wildman–Crippen LogP) is 2.49. The summed E-state index contributed by atoms with van der Waals surface area (Å²) >= 11 is 0. The van der Waals surface area contributed by atoms with Crippen molar-refractivity contribution < 1.29 is 19.4 Å². The van der Waals surface area contributed by atoms with Gasteiger partial charge in [0.05, 0.1) is 25.3 Å². The Hall–Kier alpha value is -2.53. The molecular formula is C19H21NO4. The van der Waals surface area contributed by atoms with Crippen molar-refractivity contribution in [2.24, 2.45) is 0 Å². The highest BCUT2D eigenvalue weighted by atomic mass is 16.5. The van der Waals surface area contributed by atoms with Crippen molar-refractivity contribution in [1.82, 2.24) is 5.32 Å². The van der Waals surface area contributed by atoms with Crippen LogP contribution in [0.4, 0.5) is 0 Å². The number of aliphatic hydroxyl groups is 1. The second kappa shape index (κ2) is 6.93. The van der Waals surface area contributed by atoms with Crippen LogP contribution in [-0.4, -0.2) is 30.8 Å². The molecule has 0 spiro atoms. The fourth-order valence-electron chi connectivity index (χ4n) is 2.88. The summed E-state index contributed by atoms with van der Waals surface area (Å²) in [6.07, 6.45) is 0.428. The van der Waals surface area contributed by atoms with Crippen LogP contribution in [0.1, 0.15) is 29.3 Å². The van der Waals surface area contributed by atoms with Gasteiger partial charge in [0, 0.05) is 12.0 Å². The largest absolute Gasteiger partial charge is 0.493 e. The fourth-order valence-corrected chi connectivity index (χ4v) is 2.88. The minimum Gasteiger partial charge on any atom is -0.493 e. The maximum atomic E-state index is 12.5. The van der Waals surface area contributed by atoms with E-state index >= 15 is 0 Å². The molecule has 0 saturated heterocycles. The van der Waals surface area contributed by atoms with Crippen LogP contribution in [0.3, 0.4) is 0 Å². The number of hydrogen-bond acceptors (Lipinski definition) is 4. The monoisotopic (exact) mass is 327 g/mol. The van der Waals surface area contributed by atoms with Gasteiger partial charge in [-0.25, -0.2) is 0 Å². The van der Waals surface area contributed by atoms with Crippen LogP contribution in [0.2, 0.25) is 0 Å². The zero-order chi connectivity index (χ0) is 17.0. The summed E-state index contributed by atoms with van der Waals surface area (Å²) in [5.74, 6) is 0.934. The Labute approximate surface area is 141 Å². The number of fused-ring (bicyclic) bond motifs is 1. The third-order valence-corrected chi connectivity index (χ3v) is 4.13. The zero-order valence-electron chi connectivity index (χ0n) is 13.6. The lowest BCUT2D eigenvalue weighted by Gasteiger charge is -2.34. The molecule has 2 N–H and O–H groups in total. The first kappa shape index (κ1) is 16.3. The quantitative estimate of drug-likeness (QED) is 0.885. The average Bonchev–Trinajstić information content (AvgIpc) is 2.61. The summed E-state index contributed by atoms with van der Waals surface area (Å²) in [5, 5.41) is 13.8. The minimum absolute atomic E-state index is 0.118. The van der Waals surface area contributed by atoms with Gasteiger partial charge in [0.1, 0.15) is 17.1 Å². The second-order valence-electron chi connectivity index (χ2n) is 5.74. The number of hydrogen-bond donors (Lipinski definition) is 2. The summed E-state index contributed by atoms with van der Waals surface area (Å²) in [5.41, 5.74) is 0.0309. The van der Waals surface area contributed by atoms with E-state index in [0.717, 1.165) is 0 Å². The minimum atomic E-state index is -1.13. The van der Waals surface area contributed by atoms with Gasteiger partial charge in [0.25, 0.3) is 5.91 Å². The summed E-state index contributed by atoms with van der Waals surface area (Å²) < 4.78 is 11.1. The molecule has 2 aromatic rings. The topological polar surface area (TPSA) is 67.8 Å². The normalized spacial score (nSPS) is 19.1. The van der Waals surface area contributed by atoms with Gasteiger partial charge < -0.3 is 19.9 Å². The van der Waals surface area contributed by atoms with E-state index in [1.165, 1.54) is 0 Å². The van der Waals surface area contributed by atoms with Gasteiger partial charge in [-0.15, -0.1) is 0 Å². The number of benzene rings is 2. The number of para-hydroxylation sites is 2. The molecular weight excluding hydrogens is 306 g/mol. The van der Waals surface area contributed by atoms with Crippen LogP contribution in [0.5, 0.6) is 11.5 Å². The number of ether oxygens (including phenoxy) is 2. The van der Waals surface area contributed by atoms with Gasteiger partial charge in [0.15, 0.2) is 0 Å². The van der Waals surface area contributed by atoms with E-state index in [-0.39, 0.29) is 12.5 Å². The Balaban J connectivity index is 1.76. The van der Waals surface area contributed by atoms with Gasteiger partial charge in [-0.3, -0.25) is 4.79 Å². The Morgan fingerprint density at radius 1 is 1.25 bits per heavy atom. The standard InChI is InChI=1S/C19H21NO4/c1-2-23-16-9-5-3-7-14(16)18(21)20-13-19(22)11-12-24-17-10-6-4-8-15(17)19/h3-10,22H,2,11-13H2,1H3,(H,20,21). The maximum Gasteiger partial charge on any atom is 0.255 e. The molecule has 5 nitrogen and oxygen atoms in total. The smallest absolute Gasteiger partial charge is 0.255 e. The van der Waals surface area contributed by atoms with Crippen LogP contribution in [0.25, 0.3) is 0 Å². The molecule has 1 amide bonds. The third-order valence-electron chi connectivity index (χ3n) is 4.13. The van der Waals surface area contributed by atoms with Crippen molar-refractivity contribution in [2.75, 3.05) is 19.8 Å². The van der Waals surface area contributed by atoms with Crippen molar-refractivity contribution in [2.45, 2.75) is 18.9 Å². The molecule has 0 saturated carbocycles. The lowest BCUT2D eigenvalue weighted by atomic mass is 9.88. The first-order chi connectivity index (χ1) is 11.6. The number of carbonyl (C=O) groups is 1. The molecule has 0 fully saturated rings. The molecule has 1 atom stereocenters. The van der Waals surface area contributed by atoms with Crippen LogP contribution in [0, 0.1) is 0 Å². The van der Waals surface area contributed by atoms with Crippen molar-refractivity contribution in [3.8, 4) is 11.5 Å². The number of rotatable bonds is 5. The highest BCUT2D eigenvalue weighted by Gasteiger charge is 2.36. The third kappa shape index (κ3) is 3.21. The molecule has 5 heteroatoms. The van der Waals surface area contributed by atoms with E-state index < -0.39 is 5.60 Å². The van der Waals surface area contributed by atoms with Gasteiger partial charge in [-0.1, -0.05) is 30.3 Å². The lowest BCUT2D eigenvalue weighted by molar-refractivity contribution is -0.00163. The SMILES string of the molecule is CCOc1ccccc1C(=O)NCC1(O)CCOc2ccccc21. The van der Waals surface area contributed by atoms with Crippen LogP contribution in [-0.2, 0) is 5.60 Å². The Morgan fingerprint density at radius 2 is 2.00 bits per heavy atom. The average molecular weight is 327 g/mol. The van der Waals surface area contributed by atoms with Gasteiger partial charge in [-0.2, -0.15) is 0 Å². The van der Waals surface area contributed by atoms with Crippen LogP contribution < -0.4 is 14.8 Å². The Morgan fingerprint density at radius 3 is 2.83 bits per heavy atom. The molecule has 0 radical (unpaired) electrons. The van der Waals surface area contributed by atoms with E-state index in [0.29, 0.717) is 42.3 Å². The zero-order valence-corrected chi connectivity index (χ0v) is 13.6. The molecule has 1 aliphatic rings. The van der Waals surface area contributed by atoms with Crippen molar-refractivity contribution in [3.63, 3.8) is 0 Å². The lowest BCUT2D eigenvalue weighted by Crippen LogP contribution is -2.44. The first-order valence-electron chi connectivity index (χ1n) is 8.09. The molecule has 0 aliphatic carbocycles. The number of nitrogens with one attached hydrogen (secondary N) is 1. The number of amides is 1. The molecule has 1 unspecified atom stereocenters. The molecule has 1 aliphatic heterocycles. The van der Waals surface area contributed by atoms with Gasteiger partial charge >= 0.3 is 0 Å². The summed E-state index contributed by atoms with van der Waals surface area (Å²) in [6, 6.07) is 14.5. The second-order valence-corrected chi connectivity index (χ2v) is 5.74. The Kier molecular flexibility index (Phi) is 4.71. The molecule has 126 valence electrons. The van der Waals surface area contributed by atoms with E-state index in [4.69, 9.17) is 9.47 Å². The predicted molar refractivity (Wildman–Crippen MR) is 90.4 cm³/mol. The van der Waals surface area contributed by atoms with Gasteiger partial charge in [0.2, 0.25) is 0 Å². The fraction of sp³-hybridized carbons (Fsp3) is 0.316. The van der Waals surface area contributed by atoms with Gasteiger partial charge in [-0.05, 0) is 25.1 Å². The maximum absolute atomic E-state index is 12.5. The molecule has 1 heterocycles. The van der Waals surface area contributed by atoms with Crippen LogP contribution >= 0.6 is 0 Å². The first-order valence-corrected chi connectivity index (χ1v) is 8.09. The van der Waals surface area contributed by atoms with E-state index in [2.05, 4.69) is 5.32 Å². The van der Waals surface area contributed by atoms with Crippen molar-refractivity contribution >= 4 is 5.91 Å². The molecule has 0 aromatic heterocycles. The Bertz CT molecular complexity index is 731. The number of carbonyl (C=O) groups excluding carboxylic acids is 1. The summed E-state index contributed by atoms with van der Waals surface area (Å²) in [7, 11) is 0. The highest BCUT2D eigenvalue weighted by Crippen LogP contribution is 2.36.